The van der Waals surface area contributed by atoms with Gasteiger partial charge in [-0.25, -0.2) is 4.79 Å². The molecule has 1 aromatic heterocycles. The second-order valence-electron chi connectivity index (χ2n) is 6.76. The van der Waals surface area contributed by atoms with E-state index < -0.39 is 5.60 Å². The van der Waals surface area contributed by atoms with Crippen molar-refractivity contribution in [2.24, 2.45) is 0 Å². The number of ether oxygens (including phenoxy) is 1. The monoisotopic (exact) mass is 301 g/mol. The van der Waals surface area contributed by atoms with Crippen LogP contribution in [0.15, 0.2) is 30.5 Å². The average molecular weight is 301 g/mol. The van der Waals surface area contributed by atoms with Gasteiger partial charge in [0.25, 0.3) is 0 Å². The van der Waals surface area contributed by atoms with Gasteiger partial charge in [-0.3, -0.25) is 0 Å². The molecule has 1 fully saturated rings. The Kier molecular flexibility index (Phi) is 3.83. The van der Waals surface area contributed by atoms with Crippen molar-refractivity contribution in [2.75, 3.05) is 19.6 Å². The Morgan fingerprint density at radius 3 is 2.91 bits per heavy atom. The van der Waals surface area contributed by atoms with Crippen LogP contribution >= 0.6 is 0 Å². The predicted octanol–water partition coefficient (Wildman–Crippen LogP) is 3.05. The number of hydrogen-bond donors (Lipinski definition) is 2. The lowest BCUT2D eigenvalue weighted by atomic mass is 10.0. The first-order valence-electron chi connectivity index (χ1n) is 7.71. The highest BCUT2D eigenvalue weighted by Crippen LogP contribution is 2.23. The fraction of sp³-hybridized carbons (Fsp3) is 0.471. The van der Waals surface area contributed by atoms with Gasteiger partial charge in [-0.2, -0.15) is 0 Å². The van der Waals surface area contributed by atoms with Crippen LogP contribution in [0.5, 0.6) is 0 Å². The van der Waals surface area contributed by atoms with Crippen LogP contribution in [0.2, 0.25) is 0 Å². The summed E-state index contributed by atoms with van der Waals surface area (Å²) < 4.78 is 5.47. The van der Waals surface area contributed by atoms with Crippen molar-refractivity contribution in [3.05, 3.63) is 36.0 Å². The zero-order valence-electron chi connectivity index (χ0n) is 13.3. The second kappa shape index (κ2) is 5.65. The summed E-state index contributed by atoms with van der Waals surface area (Å²) in [6.45, 7) is 7.76. The summed E-state index contributed by atoms with van der Waals surface area (Å²) in [6.07, 6.45) is 1.71. The summed E-state index contributed by atoms with van der Waals surface area (Å²) in [4.78, 5) is 17.2. The van der Waals surface area contributed by atoms with E-state index in [0.29, 0.717) is 13.1 Å². The van der Waals surface area contributed by atoms with Crippen LogP contribution in [-0.2, 0) is 4.74 Å². The van der Waals surface area contributed by atoms with Crippen molar-refractivity contribution in [3.8, 4) is 0 Å². The minimum Gasteiger partial charge on any atom is -0.444 e. The number of carbonyl (C=O) groups excluding carboxylic acids is 1. The highest BCUT2D eigenvalue weighted by molar-refractivity contribution is 5.80. The third-order valence-corrected chi connectivity index (χ3v) is 3.81. The fourth-order valence-corrected chi connectivity index (χ4v) is 2.75. The molecule has 0 bridgehead atoms. The number of aromatic nitrogens is 1. The molecule has 5 heteroatoms. The van der Waals surface area contributed by atoms with Crippen molar-refractivity contribution >= 4 is 17.0 Å². The van der Waals surface area contributed by atoms with Gasteiger partial charge in [-0.15, -0.1) is 0 Å². The van der Waals surface area contributed by atoms with Crippen molar-refractivity contribution < 1.29 is 9.53 Å². The lowest BCUT2D eigenvalue weighted by molar-refractivity contribution is 0.0195. The van der Waals surface area contributed by atoms with Crippen LogP contribution in [0.25, 0.3) is 10.9 Å². The zero-order valence-corrected chi connectivity index (χ0v) is 13.3. The number of hydrogen-bond acceptors (Lipinski definition) is 3. The van der Waals surface area contributed by atoms with E-state index in [1.807, 2.05) is 27.0 Å². The first-order valence-corrected chi connectivity index (χ1v) is 7.71. The van der Waals surface area contributed by atoms with E-state index in [4.69, 9.17) is 4.74 Å². The maximum atomic E-state index is 12.2. The minimum absolute atomic E-state index is 0.139. The highest BCUT2D eigenvalue weighted by Gasteiger charge is 2.28. The molecule has 3 rings (SSSR count). The number of aromatic amines is 1. The Morgan fingerprint density at radius 1 is 1.32 bits per heavy atom. The molecule has 1 atom stereocenters. The summed E-state index contributed by atoms with van der Waals surface area (Å²) in [5.74, 6) is 0. The summed E-state index contributed by atoms with van der Waals surface area (Å²) >= 11 is 0. The molecule has 1 aliphatic heterocycles. The topological polar surface area (TPSA) is 57.4 Å². The largest absolute Gasteiger partial charge is 0.444 e. The molecular formula is C17H23N3O2. The van der Waals surface area contributed by atoms with E-state index in [9.17, 15) is 4.79 Å². The maximum absolute atomic E-state index is 12.2. The second-order valence-corrected chi connectivity index (χ2v) is 6.76. The molecule has 22 heavy (non-hydrogen) atoms. The van der Waals surface area contributed by atoms with Gasteiger partial charge in [0.05, 0.1) is 6.04 Å². The number of nitrogens with one attached hydrogen (secondary N) is 2. The molecule has 0 radical (unpaired) electrons. The molecule has 0 saturated carbocycles. The Balaban J connectivity index is 1.73. The van der Waals surface area contributed by atoms with Crippen LogP contribution in [0.3, 0.4) is 0 Å². The smallest absolute Gasteiger partial charge is 0.410 e. The number of benzene rings is 1. The number of fused-ring (bicyclic) bond motifs is 1. The van der Waals surface area contributed by atoms with Gasteiger partial charge in [-0.05, 0) is 49.9 Å². The molecule has 1 aliphatic rings. The lowest BCUT2D eigenvalue weighted by Gasteiger charge is -2.35. The van der Waals surface area contributed by atoms with Gasteiger partial charge in [0.15, 0.2) is 0 Å². The number of rotatable bonds is 1. The van der Waals surface area contributed by atoms with E-state index in [2.05, 4.69) is 34.6 Å². The Morgan fingerprint density at radius 2 is 2.14 bits per heavy atom. The number of carbonyl (C=O) groups is 1. The fourth-order valence-electron chi connectivity index (χ4n) is 2.75. The van der Waals surface area contributed by atoms with Gasteiger partial charge in [-0.1, -0.05) is 6.07 Å². The molecule has 2 heterocycles. The third kappa shape index (κ3) is 3.25. The van der Waals surface area contributed by atoms with E-state index in [1.165, 1.54) is 10.9 Å². The van der Waals surface area contributed by atoms with Crippen LogP contribution in [0.4, 0.5) is 4.79 Å². The molecule has 1 amide bonds. The summed E-state index contributed by atoms with van der Waals surface area (Å²) in [6, 6.07) is 8.56. The van der Waals surface area contributed by atoms with Gasteiger partial charge < -0.3 is 19.9 Å². The maximum Gasteiger partial charge on any atom is 0.410 e. The van der Waals surface area contributed by atoms with Gasteiger partial charge in [0.2, 0.25) is 0 Å². The van der Waals surface area contributed by atoms with Gasteiger partial charge >= 0.3 is 6.09 Å². The number of H-pyrrole nitrogens is 1. The van der Waals surface area contributed by atoms with Gasteiger partial charge in [0.1, 0.15) is 5.60 Å². The standard InChI is InChI=1S/C17H23N3O2/c1-17(2,3)22-16(21)20-9-8-19-15(11-20)12-4-5-14-13(10-12)6-7-18-14/h4-7,10,15,18-19H,8-9,11H2,1-3H3. The Labute approximate surface area is 130 Å². The zero-order chi connectivity index (χ0) is 15.7. The number of amides is 1. The molecule has 1 saturated heterocycles. The molecule has 0 spiro atoms. The first kappa shape index (κ1) is 14.9. The van der Waals surface area contributed by atoms with Crippen LogP contribution in [0, 0.1) is 0 Å². The molecule has 1 unspecified atom stereocenters. The molecule has 2 N–H and O–H groups in total. The Bertz CT molecular complexity index is 672. The minimum atomic E-state index is -0.457. The van der Waals surface area contributed by atoms with Crippen LogP contribution in [-0.4, -0.2) is 41.2 Å². The van der Waals surface area contributed by atoms with Crippen molar-refractivity contribution in [1.82, 2.24) is 15.2 Å². The normalized spacial score (nSPS) is 19.4. The third-order valence-electron chi connectivity index (χ3n) is 3.81. The molecular weight excluding hydrogens is 278 g/mol. The van der Waals surface area contributed by atoms with Crippen molar-refractivity contribution in [2.45, 2.75) is 32.4 Å². The predicted molar refractivity (Wildman–Crippen MR) is 86.8 cm³/mol. The number of piperazine rings is 1. The van der Waals surface area contributed by atoms with Crippen molar-refractivity contribution in [1.29, 1.82) is 0 Å². The molecule has 0 aliphatic carbocycles. The summed E-state index contributed by atoms with van der Waals surface area (Å²) in [5, 5.41) is 4.67. The van der Waals surface area contributed by atoms with E-state index in [-0.39, 0.29) is 12.1 Å². The molecule has 118 valence electrons. The first-order chi connectivity index (χ1) is 10.4. The van der Waals surface area contributed by atoms with Gasteiger partial charge in [0, 0.05) is 31.3 Å². The quantitative estimate of drug-likeness (QED) is 0.851. The van der Waals surface area contributed by atoms with Crippen molar-refractivity contribution in [3.63, 3.8) is 0 Å². The number of nitrogens with zero attached hydrogens (tertiary/aromatic N) is 1. The summed E-state index contributed by atoms with van der Waals surface area (Å²) in [5.41, 5.74) is 1.87. The van der Waals surface area contributed by atoms with Crippen LogP contribution < -0.4 is 5.32 Å². The van der Waals surface area contributed by atoms with E-state index in [0.717, 1.165) is 12.1 Å². The average Bonchev–Trinajstić information content (AvgIpc) is 2.93. The lowest BCUT2D eigenvalue weighted by Crippen LogP contribution is -2.49. The summed E-state index contributed by atoms with van der Waals surface area (Å²) in [7, 11) is 0. The highest BCUT2D eigenvalue weighted by atomic mass is 16.6. The molecule has 2 aromatic rings. The van der Waals surface area contributed by atoms with E-state index in [1.54, 1.807) is 4.90 Å². The Hall–Kier alpha value is -2.01. The molecule has 1 aromatic carbocycles. The molecule has 5 nitrogen and oxygen atoms in total. The SMILES string of the molecule is CC(C)(C)OC(=O)N1CCNC(c2ccc3[nH]ccc3c2)C1. The van der Waals surface area contributed by atoms with Crippen LogP contribution in [0.1, 0.15) is 32.4 Å². The van der Waals surface area contributed by atoms with E-state index >= 15 is 0 Å².